The minimum absolute atomic E-state index is 0. The van der Waals surface area contributed by atoms with E-state index in [0.717, 1.165) is 22.2 Å². The normalized spacial score (nSPS) is 11.3. The van der Waals surface area contributed by atoms with Crippen molar-refractivity contribution in [2.24, 2.45) is 4.99 Å². The highest BCUT2D eigenvalue weighted by Gasteiger charge is 2.06. The molecule has 0 aliphatic rings. The van der Waals surface area contributed by atoms with Gasteiger partial charge in [0.25, 0.3) is 0 Å². The number of halogens is 2. The molecule has 0 saturated heterocycles. The van der Waals surface area contributed by atoms with E-state index in [4.69, 9.17) is 11.6 Å². The van der Waals surface area contributed by atoms with E-state index < -0.39 is 0 Å². The number of aliphatic imine (C=N–C) groups is 1. The number of rotatable bonds is 5. The fourth-order valence-corrected chi connectivity index (χ4v) is 2.76. The van der Waals surface area contributed by atoms with Crippen LogP contribution in [-0.2, 0) is 13.1 Å². The number of guanidine groups is 1. The summed E-state index contributed by atoms with van der Waals surface area (Å²) < 4.78 is 0. The highest BCUT2D eigenvalue weighted by molar-refractivity contribution is 14.0. The molecular formula is C15H21ClIN5S. The lowest BCUT2D eigenvalue weighted by atomic mass is 10.2. The predicted molar refractivity (Wildman–Crippen MR) is 108 cm³/mol. The van der Waals surface area contributed by atoms with Crippen molar-refractivity contribution in [3.63, 3.8) is 0 Å². The molecule has 0 amide bonds. The molecule has 0 bridgehead atoms. The standard InChI is InChI=1S/C15H20ClN5S.HI/c1-10(2)12-9-22-14(21-12)8-20-15(17-3)19-7-11-4-5-13(16)18-6-11;/h4-6,9-10H,7-8H2,1-3H3,(H2,17,19,20);1H. The quantitative estimate of drug-likeness (QED) is 0.305. The summed E-state index contributed by atoms with van der Waals surface area (Å²) in [5, 5.41) is 10.2. The average molecular weight is 466 g/mol. The van der Waals surface area contributed by atoms with E-state index in [9.17, 15) is 0 Å². The van der Waals surface area contributed by atoms with Crippen LogP contribution in [0.3, 0.4) is 0 Å². The molecule has 5 nitrogen and oxygen atoms in total. The molecule has 2 N–H and O–H groups in total. The third-order valence-corrected chi connectivity index (χ3v) is 4.13. The summed E-state index contributed by atoms with van der Waals surface area (Å²) in [7, 11) is 1.75. The average Bonchev–Trinajstić information content (AvgIpc) is 2.98. The number of thiazole rings is 1. The van der Waals surface area contributed by atoms with Crippen LogP contribution < -0.4 is 10.6 Å². The van der Waals surface area contributed by atoms with Crippen LogP contribution in [-0.4, -0.2) is 23.0 Å². The molecule has 0 saturated carbocycles. The van der Waals surface area contributed by atoms with Crippen LogP contribution in [0.25, 0.3) is 0 Å². The molecule has 2 rings (SSSR count). The molecule has 126 valence electrons. The van der Waals surface area contributed by atoms with Gasteiger partial charge in [0.05, 0.1) is 12.2 Å². The highest BCUT2D eigenvalue weighted by atomic mass is 127. The number of aromatic nitrogens is 2. The summed E-state index contributed by atoms with van der Waals surface area (Å²) in [5.74, 6) is 1.19. The van der Waals surface area contributed by atoms with Gasteiger partial charge >= 0.3 is 0 Å². The second kappa shape index (κ2) is 10.0. The summed E-state index contributed by atoms with van der Waals surface area (Å²) >= 11 is 7.44. The lowest BCUT2D eigenvalue weighted by molar-refractivity contribution is 0.784. The van der Waals surface area contributed by atoms with E-state index in [1.807, 2.05) is 6.07 Å². The molecule has 0 aliphatic heterocycles. The second-order valence-corrected chi connectivity index (χ2v) is 6.42. The van der Waals surface area contributed by atoms with Gasteiger partial charge in [0.15, 0.2) is 5.96 Å². The first kappa shape index (κ1) is 20.1. The maximum absolute atomic E-state index is 5.77. The van der Waals surface area contributed by atoms with Crippen molar-refractivity contribution < 1.29 is 0 Å². The Morgan fingerprint density at radius 1 is 1.30 bits per heavy atom. The Bertz CT molecular complexity index is 627. The van der Waals surface area contributed by atoms with Crippen molar-refractivity contribution >= 4 is 52.9 Å². The van der Waals surface area contributed by atoms with Crippen LogP contribution in [0.5, 0.6) is 0 Å². The van der Waals surface area contributed by atoms with Gasteiger partial charge in [0.2, 0.25) is 0 Å². The van der Waals surface area contributed by atoms with E-state index in [1.54, 1.807) is 30.6 Å². The highest BCUT2D eigenvalue weighted by Crippen LogP contribution is 2.17. The van der Waals surface area contributed by atoms with Gasteiger partial charge in [0, 0.05) is 25.2 Å². The lowest BCUT2D eigenvalue weighted by Crippen LogP contribution is -2.36. The van der Waals surface area contributed by atoms with Gasteiger partial charge in [-0.25, -0.2) is 9.97 Å². The Hall–Kier alpha value is -0.930. The summed E-state index contributed by atoms with van der Waals surface area (Å²) in [4.78, 5) is 12.8. The van der Waals surface area contributed by atoms with Gasteiger partial charge in [-0.3, -0.25) is 4.99 Å². The zero-order valence-electron chi connectivity index (χ0n) is 13.3. The Morgan fingerprint density at radius 3 is 2.61 bits per heavy atom. The number of hydrogen-bond donors (Lipinski definition) is 2. The molecule has 2 aromatic heterocycles. The molecule has 23 heavy (non-hydrogen) atoms. The molecule has 0 radical (unpaired) electrons. The van der Waals surface area contributed by atoms with Crippen molar-refractivity contribution in [3.05, 3.63) is 45.1 Å². The van der Waals surface area contributed by atoms with Gasteiger partial charge in [-0.15, -0.1) is 35.3 Å². The predicted octanol–water partition coefficient (Wildman–Crippen LogP) is 3.80. The molecule has 0 aliphatic carbocycles. The minimum Gasteiger partial charge on any atom is -0.352 e. The van der Waals surface area contributed by atoms with Crippen molar-refractivity contribution in [2.75, 3.05) is 7.05 Å². The van der Waals surface area contributed by atoms with E-state index in [0.29, 0.717) is 24.2 Å². The summed E-state index contributed by atoms with van der Waals surface area (Å²) in [5.41, 5.74) is 2.18. The Balaban J connectivity index is 0.00000264. The molecule has 2 heterocycles. The fourth-order valence-electron chi connectivity index (χ4n) is 1.75. The van der Waals surface area contributed by atoms with Crippen LogP contribution in [0.15, 0.2) is 28.7 Å². The summed E-state index contributed by atoms with van der Waals surface area (Å²) in [6.45, 7) is 5.59. The third kappa shape index (κ3) is 6.60. The zero-order valence-corrected chi connectivity index (χ0v) is 17.2. The maximum Gasteiger partial charge on any atom is 0.191 e. The monoisotopic (exact) mass is 465 g/mol. The molecule has 8 heteroatoms. The molecule has 0 atom stereocenters. The van der Waals surface area contributed by atoms with E-state index >= 15 is 0 Å². The minimum atomic E-state index is 0. The summed E-state index contributed by atoms with van der Waals surface area (Å²) in [6.07, 6.45) is 1.75. The van der Waals surface area contributed by atoms with Gasteiger partial charge in [-0.2, -0.15) is 0 Å². The van der Waals surface area contributed by atoms with E-state index in [1.165, 1.54) is 0 Å². The number of nitrogens with zero attached hydrogens (tertiary/aromatic N) is 3. The first-order valence-electron chi connectivity index (χ1n) is 7.07. The van der Waals surface area contributed by atoms with Crippen molar-refractivity contribution in [3.8, 4) is 0 Å². The van der Waals surface area contributed by atoms with Crippen LogP contribution in [0.1, 0.15) is 36.0 Å². The largest absolute Gasteiger partial charge is 0.352 e. The Labute approximate surface area is 163 Å². The zero-order chi connectivity index (χ0) is 15.9. The number of pyridine rings is 1. The fraction of sp³-hybridized carbons (Fsp3) is 0.400. The van der Waals surface area contributed by atoms with Crippen LogP contribution in [0.2, 0.25) is 5.15 Å². The van der Waals surface area contributed by atoms with Crippen molar-refractivity contribution in [1.82, 2.24) is 20.6 Å². The van der Waals surface area contributed by atoms with Gasteiger partial charge < -0.3 is 10.6 Å². The van der Waals surface area contributed by atoms with Gasteiger partial charge in [-0.05, 0) is 17.5 Å². The topological polar surface area (TPSA) is 62.2 Å². The molecule has 0 spiro atoms. The van der Waals surface area contributed by atoms with E-state index in [-0.39, 0.29) is 24.0 Å². The first-order valence-corrected chi connectivity index (χ1v) is 8.33. The molecular weight excluding hydrogens is 445 g/mol. The maximum atomic E-state index is 5.77. The van der Waals surface area contributed by atoms with Gasteiger partial charge in [0.1, 0.15) is 10.2 Å². The Morgan fingerprint density at radius 2 is 2.04 bits per heavy atom. The van der Waals surface area contributed by atoms with Crippen LogP contribution >= 0.6 is 46.9 Å². The SMILES string of the molecule is CN=C(NCc1ccc(Cl)nc1)NCc1nc(C(C)C)cs1.I. The van der Waals surface area contributed by atoms with E-state index in [2.05, 4.69) is 44.8 Å². The molecule has 0 aromatic carbocycles. The number of nitrogens with one attached hydrogen (secondary N) is 2. The molecule has 0 fully saturated rings. The number of hydrogen-bond acceptors (Lipinski definition) is 4. The van der Waals surface area contributed by atoms with Crippen molar-refractivity contribution in [2.45, 2.75) is 32.9 Å². The molecule has 2 aromatic rings. The smallest absolute Gasteiger partial charge is 0.191 e. The lowest BCUT2D eigenvalue weighted by Gasteiger charge is -2.10. The second-order valence-electron chi connectivity index (χ2n) is 5.09. The first-order chi connectivity index (χ1) is 10.6. The van der Waals surface area contributed by atoms with Gasteiger partial charge in [-0.1, -0.05) is 31.5 Å². The Kier molecular flexibility index (Phi) is 8.78. The summed E-state index contributed by atoms with van der Waals surface area (Å²) in [6, 6.07) is 3.71. The molecule has 0 unspecified atom stereocenters. The van der Waals surface area contributed by atoms with Crippen LogP contribution in [0, 0.1) is 0 Å². The van der Waals surface area contributed by atoms with Crippen molar-refractivity contribution in [1.29, 1.82) is 0 Å². The third-order valence-electron chi connectivity index (χ3n) is 3.04. The van der Waals surface area contributed by atoms with Crippen LogP contribution in [0.4, 0.5) is 0 Å².